The normalized spacial score (nSPS) is 9.93. The van der Waals surface area contributed by atoms with Crippen molar-refractivity contribution in [3.63, 3.8) is 0 Å². The van der Waals surface area contributed by atoms with Gasteiger partial charge in [0.15, 0.2) is 0 Å². The number of amides is 1. The molecule has 1 heterocycles. The molecule has 0 spiro atoms. The van der Waals surface area contributed by atoms with Crippen molar-refractivity contribution in [1.29, 1.82) is 0 Å². The van der Waals surface area contributed by atoms with Gasteiger partial charge >= 0.3 is 0 Å². The third-order valence-corrected chi connectivity index (χ3v) is 3.15. The Bertz CT molecular complexity index is 293. The summed E-state index contributed by atoms with van der Waals surface area (Å²) in [5, 5.41) is 2.81. The lowest BCUT2D eigenvalue weighted by atomic mass is 10.3. The molecule has 0 unspecified atom stereocenters. The first-order valence-corrected chi connectivity index (χ1v) is 6.47. The lowest BCUT2D eigenvalue weighted by Gasteiger charge is -2.03. The highest BCUT2D eigenvalue weighted by atomic mass is 32.2. The van der Waals surface area contributed by atoms with Gasteiger partial charge in [-0.15, -0.1) is 0 Å². The molecule has 0 aliphatic rings. The molecule has 0 aromatic carbocycles. The van der Waals surface area contributed by atoms with Gasteiger partial charge in [0, 0.05) is 11.9 Å². The quantitative estimate of drug-likeness (QED) is 0.585. The first-order valence-electron chi connectivity index (χ1n) is 4.68. The number of carbonyl (C=O) groups is 1. The van der Waals surface area contributed by atoms with Crippen LogP contribution in [0.1, 0.15) is 5.69 Å². The van der Waals surface area contributed by atoms with E-state index in [-0.39, 0.29) is 5.91 Å². The van der Waals surface area contributed by atoms with Crippen molar-refractivity contribution in [3.05, 3.63) is 30.1 Å². The molecule has 1 aromatic heterocycles. The molecule has 0 fully saturated rings. The van der Waals surface area contributed by atoms with E-state index in [9.17, 15) is 4.79 Å². The second-order valence-corrected chi connectivity index (χ2v) is 4.43. The summed E-state index contributed by atoms with van der Waals surface area (Å²) < 4.78 is 0. The zero-order chi connectivity index (χ0) is 10.9. The molecule has 15 heavy (non-hydrogen) atoms. The van der Waals surface area contributed by atoms with Crippen LogP contribution in [0.4, 0.5) is 0 Å². The molecule has 0 aliphatic carbocycles. The van der Waals surface area contributed by atoms with Gasteiger partial charge in [0.25, 0.3) is 0 Å². The summed E-state index contributed by atoms with van der Waals surface area (Å²) >= 11 is 5.66. The molecule has 1 aromatic rings. The Kier molecular flexibility index (Phi) is 6.27. The van der Waals surface area contributed by atoms with Crippen LogP contribution in [0.15, 0.2) is 24.4 Å². The fourth-order valence-corrected chi connectivity index (χ4v) is 1.92. The summed E-state index contributed by atoms with van der Waals surface area (Å²) in [6.07, 6.45) is 1.72. The second-order valence-electron chi connectivity index (χ2n) is 2.87. The van der Waals surface area contributed by atoms with Crippen molar-refractivity contribution in [1.82, 2.24) is 10.3 Å². The van der Waals surface area contributed by atoms with Gasteiger partial charge in [-0.25, -0.2) is 0 Å². The Morgan fingerprint density at radius 1 is 1.53 bits per heavy atom. The summed E-state index contributed by atoms with van der Waals surface area (Å²) in [5.41, 5.74) is 0.880. The molecular formula is C10H14N2OS2. The van der Waals surface area contributed by atoms with Gasteiger partial charge in [-0.1, -0.05) is 6.07 Å². The van der Waals surface area contributed by atoms with Crippen molar-refractivity contribution in [2.24, 2.45) is 0 Å². The summed E-state index contributed by atoms with van der Waals surface area (Å²) in [5.74, 6) is 2.25. The fourth-order valence-electron chi connectivity index (χ4n) is 0.972. The number of thiol groups is 1. The highest BCUT2D eigenvalue weighted by Gasteiger charge is 2.00. The van der Waals surface area contributed by atoms with Crippen molar-refractivity contribution in [2.45, 2.75) is 6.54 Å². The zero-order valence-corrected chi connectivity index (χ0v) is 10.1. The molecule has 5 heteroatoms. The Morgan fingerprint density at radius 2 is 2.40 bits per heavy atom. The molecule has 0 radical (unpaired) electrons. The Hall–Kier alpha value is -0.680. The van der Waals surface area contributed by atoms with Gasteiger partial charge in [-0.3, -0.25) is 9.78 Å². The van der Waals surface area contributed by atoms with E-state index in [1.165, 1.54) is 0 Å². The molecule has 1 rings (SSSR count). The fraction of sp³-hybridized carbons (Fsp3) is 0.400. The minimum Gasteiger partial charge on any atom is -0.350 e. The molecular weight excluding hydrogens is 228 g/mol. The maximum atomic E-state index is 11.3. The number of thioether (sulfide) groups is 1. The second kappa shape index (κ2) is 7.59. The van der Waals surface area contributed by atoms with Gasteiger partial charge in [-0.05, 0) is 17.9 Å². The average Bonchev–Trinajstić information content (AvgIpc) is 2.28. The molecule has 0 saturated heterocycles. The zero-order valence-electron chi connectivity index (χ0n) is 8.35. The molecule has 0 saturated carbocycles. The third kappa shape index (κ3) is 5.69. The minimum absolute atomic E-state index is 0.0486. The van der Waals surface area contributed by atoms with Gasteiger partial charge in [0.2, 0.25) is 5.91 Å². The van der Waals surface area contributed by atoms with Crippen LogP contribution < -0.4 is 5.32 Å². The van der Waals surface area contributed by atoms with Crippen molar-refractivity contribution < 1.29 is 4.79 Å². The van der Waals surface area contributed by atoms with Gasteiger partial charge in [-0.2, -0.15) is 24.4 Å². The van der Waals surface area contributed by atoms with Crippen LogP contribution in [0.5, 0.6) is 0 Å². The summed E-state index contributed by atoms with van der Waals surface area (Å²) in [6.45, 7) is 0.501. The number of carbonyl (C=O) groups excluding carboxylic acids is 1. The van der Waals surface area contributed by atoms with Crippen LogP contribution in [-0.2, 0) is 11.3 Å². The highest BCUT2D eigenvalue weighted by molar-refractivity contribution is 8.00. The molecule has 1 N–H and O–H groups in total. The SMILES string of the molecule is O=C(CSCCS)NCc1ccccn1. The van der Waals surface area contributed by atoms with E-state index in [1.54, 1.807) is 18.0 Å². The Morgan fingerprint density at radius 3 is 3.07 bits per heavy atom. The maximum absolute atomic E-state index is 11.3. The average molecular weight is 242 g/mol. The third-order valence-electron chi connectivity index (χ3n) is 1.66. The van der Waals surface area contributed by atoms with E-state index in [1.807, 2.05) is 18.2 Å². The van der Waals surface area contributed by atoms with Gasteiger partial charge in [0.05, 0.1) is 18.0 Å². The standard InChI is InChI=1S/C10H14N2OS2/c13-10(8-15-6-5-14)12-7-9-3-1-2-4-11-9/h1-4,14H,5-8H2,(H,12,13). The summed E-state index contributed by atoms with van der Waals surface area (Å²) in [7, 11) is 0. The van der Waals surface area contributed by atoms with Crippen molar-refractivity contribution >= 4 is 30.3 Å². The molecule has 1 amide bonds. The van der Waals surface area contributed by atoms with Crippen LogP contribution >= 0.6 is 24.4 Å². The highest BCUT2D eigenvalue weighted by Crippen LogP contribution is 2.00. The van der Waals surface area contributed by atoms with E-state index >= 15 is 0 Å². The first kappa shape index (κ1) is 12.4. The van der Waals surface area contributed by atoms with E-state index < -0.39 is 0 Å². The lowest BCUT2D eigenvalue weighted by Crippen LogP contribution is -2.25. The first-order chi connectivity index (χ1) is 7.33. The van der Waals surface area contributed by atoms with Crippen LogP contribution in [0.3, 0.4) is 0 Å². The monoisotopic (exact) mass is 242 g/mol. The molecule has 82 valence electrons. The predicted molar refractivity (Wildman–Crippen MR) is 67.3 cm³/mol. The van der Waals surface area contributed by atoms with Crippen molar-refractivity contribution in [2.75, 3.05) is 17.3 Å². The van der Waals surface area contributed by atoms with E-state index in [0.29, 0.717) is 12.3 Å². The number of nitrogens with zero attached hydrogens (tertiary/aromatic N) is 1. The lowest BCUT2D eigenvalue weighted by molar-refractivity contribution is -0.118. The molecule has 3 nitrogen and oxygen atoms in total. The molecule has 0 bridgehead atoms. The topological polar surface area (TPSA) is 42.0 Å². The maximum Gasteiger partial charge on any atom is 0.230 e. The van der Waals surface area contributed by atoms with Gasteiger partial charge in [0.1, 0.15) is 0 Å². The number of hydrogen-bond acceptors (Lipinski definition) is 4. The van der Waals surface area contributed by atoms with Gasteiger partial charge < -0.3 is 5.32 Å². The number of aromatic nitrogens is 1. The van der Waals surface area contributed by atoms with Crippen LogP contribution in [0, 0.1) is 0 Å². The number of nitrogens with one attached hydrogen (secondary N) is 1. The minimum atomic E-state index is 0.0486. The Balaban J connectivity index is 2.17. The summed E-state index contributed by atoms with van der Waals surface area (Å²) in [4.78, 5) is 15.4. The van der Waals surface area contributed by atoms with Crippen LogP contribution in [0.25, 0.3) is 0 Å². The number of rotatable bonds is 6. The van der Waals surface area contributed by atoms with Crippen LogP contribution in [0.2, 0.25) is 0 Å². The largest absolute Gasteiger partial charge is 0.350 e. The van der Waals surface area contributed by atoms with Crippen LogP contribution in [-0.4, -0.2) is 28.1 Å². The molecule has 0 aliphatic heterocycles. The summed E-state index contributed by atoms with van der Waals surface area (Å²) in [6, 6.07) is 5.65. The van der Waals surface area contributed by atoms with E-state index in [2.05, 4.69) is 22.9 Å². The smallest absolute Gasteiger partial charge is 0.230 e. The van der Waals surface area contributed by atoms with E-state index in [0.717, 1.165) is 17.2 Å². The number of hydrogen-bond donors (Lipinski definition) is 2. The number of pyridine rings is 1. The predicted octanol–water partition coefficient (Wildman–Crippen LogP) is 1.36. The molecule has 0 atom stereocenters. The van der Waals surface area contributed by atoms with Crippen molar-refractivity contribution in [3.8, 4) is 0 Å². The van der Waals surface area contributed by atoms with E-state index in [4.69, 9.17) is 0 Å². The Labute approximate surface area is 99.5 Å².